The summed E-state index contributed by atoms with van der Waals surface area (Å²) in [6.45, 7) is 7.11. The predicted molar refractivity (Wildman–Crippen MR) is 176 cm³/mol. The van der Waals surface area contributed by atoms with E-state index < -0.39 is 0 Å². The van der Waals surface area contributed by atoms with Gasteiger partial charge in [0.25, 0.3) is 0 Å². The van der Waals surface area contributed by atoms with E-state index in [1.807, 2.05) is 43.5 Å². The van der Waals surface area contributed by atoms with Crippen LogP contribution in [-0.2, 0) is 0 Å². The van der Waals surface area contributed by atoms with E-state index in [9.17, 15) is 0 Å². The Morgan fingerprint density at radius 3 is 1.95 bits per heavy atom. The molecule has 0 saturated heterocycles. The molecule has 0 unspecified atom stereocenters. The summed E-state index contributed by atoms with van der Waals surface area (Å²) in [5, 5.41) is 4.80. The van der Waals surface area contributed by atoms with Crippen molar-refractivity contribution in [2.75, 3.05) is 7.05 Å². The number of fused-ring (bicyclic) bond motifs is 3. The predicted octanol–water partition coefficient (Wildman–Crippen LogP) is 10.6. The first-order valence-electron chi connectivity index (χ1n) is 11.8. The second kappa shape index (κ2) is 14.7. The number of aliphatic imine (C=N–C) groups is 1. The zero-order valence-electron chi connectivity index (χ0n) is 21.1. The van der Waals surface area contributed by atoms with Crippen LogP contribution in [0.5, 0.6) is 0 Å². The molecule has 3 aromatic heterocycles. The maximum Gasteiger partial charge on any atom is 0.0702 e. The summed E-state index contributed by atoms with van der Waals surface area (Å²) >= 11 is 10.1. The molecule has 0 radical (unpaired) electrons. The molecule has 2 nitrogen and oxygen atoms in total. The van der Waals surface area contributed by atoms with Crippen molar-refractivity contribution in [1.29, 1.82) is 0 Å². The topological polar surface area (TPSA) is 25.2 Å². The third-order valence-electron chi connectivity index (χ3n) is 5.43. The number of aromatic nitrogens is 1. The summed E-state index contributed by atoms with van der Waals surface area (Å²) in [5.74, 6) is 0. The zero-order chi connectivity index (χ0) is 26.6. The summed E-state index contributed by atoms with van der Waals surface area (Å²) in [5.41, 5.74) is 5.89. The molecule has 0 spiro atoms. The molecule has 0 saturated carbocycles. The zero-order valence-corrected chi connectivity index (χ0v) is 24.5. The Hall–Kier alpha value is -2.90. The lowest BCUT2D eigenvalue weighted by Crippen LogP contribution is -1.84. The molecular formula is C31H30N2S4. The SMILES string of the molecule is C=NC.CC.SS.c1ccc(-c2cccc(-c3ccc4sc5ccc(-c6cccs6)cc5c4c3)c2)nc1. The number of thiol groups is 2. The minimum Gasteiger partial charge on any atom is -0.304 e. The van der Waals surface area contributed by atoms with Crippen LogP contribution < -0.4 is 0 Å². The van der Waals surface area contributed by atoms with Gasteiger partial charge >= 0.3 is 0 Å². The highest BCUT2D eigenvalue weighted by molar-refractivity contribution is 8.59. The molecule has 6 heteroatoms. The number of hydrogen-bond acceptors (Lipinski definition) is 6. The van der Waals surface area contributed by atoms with Crippen LogP contribution in [0.2, 0.25) is 0 Å². The van der Waals surface area contributed by atoms with E-state index in [1.165, 1.54) is 41.7 Å². The molecule has 3 aromatic carbocycles. The van der Waals surface area contributed by atoms with Gasteiger partial charge in [0, 0.05) is 43.9 Å². The van der Waals surface area contributed by atoms with Gasteiger partial charge in [-0.15, -0.1) is 46.0 Å². The summed E-state index contributed by atoms with van der Waals surface area (Å²) in [4.78, 5) is 9.07. The average molecular weight is 559 g/mol. The lowest BCUT2D eigenvalue weighted by atomic mass is 9.99. The van der Waals surface area contributed by atoms with Crippen LogP contribution >= 0.6 is 46.0 Å². The molecule has 0 amide bonds. The average Bonchev–Trinajstić information content (AvgIpc) is 3.64. The van der Waals surface area contributed by atoms with Crippen LogP contribution in [0.1, 0.15) is 13.8 Å². The van der Waals surface area contributed by atoms with Gasteiger partial charge < -0.3 is 4.99 Å². The van der Waals surface area contributed by atoms with Gasteiger partial charge in [-0.2, -0.15) is 0 Å². The Labute approximate surface area is 238 Å². The first kappa shape index (κ1) is 28.7. The van der Waals surface area contributed by atoms with Gasteiger partial charge in [0.2, 0.25) is 0 Å². The quantitative estimate of drug-likeness (QED) is 0.126. The van der Waals surface area contributed by atoms with E-state index in [0.717, 1.165) is 11.3 Å². The first-order valence-corrected chi connectivity index (χ1v) is 15.1. The van der Waals surface area contributed by atoms with Crippen LogP contribution in [0, 0.1) is 0 Å². The van der Waals surface area contributed by atoms with Crippen molar-refractivity contribution in [3.05, 3.63) is 103 Å². The number of benzene rings is 3. The van der Waals surface area contributed by atoms with Crippen molar-refractivity contribution >= 4 is 72.9 Å². The normalized spacial score (nSPS) is 9.86. The first-order chi connectivity index (χ1) is 18.3. The number of nitrogens with zero attached hydrogens (tertiary/aromatic N) is 2. The van der Waals surface area contributed by atoms with Gasteiger partial charge in [0.05, 0.1) is 5.69 Å². The van der Waals surface area contributed by atoms with Gasteiger partial charge in [0.1, 0.15) is 0 Å². The highest BCUT2D eigenvalue weighted by Crippen LogP contribution is 2.39. The highest BCUT2D eigenvalue weighted by atomic mass is 33.1. The molecule has 0 fully saturated rings. The van der Waals surface area contributed by atoms with E-state index in [2.05, 4.69) is 124 Å². The van der Waals surface area contributed by atoms with Crippen LogP contribution in [0.25, 0.3) is 53.0 Å². The Morgan fingerprint density at radius 2 is 1.32 bits per heavy atom. The summed E-state index contributed by atoms with van der Waals surface area (Å²) in [7, 11) is 1.64. The largest absolute Gasteiger partial charge is 0.304 e. The van der Waals surface area contributed by atoms with E-state index in [1.54, 1.807) is 18.4 Å². The molecular weight excluding hydrogens is 529 g/mol. The molecule has 6 rings (SSSR count). The highest BCUT2D eigenvalue weighted by Gasteiger charge is 2.10. The van der Waals surface area contributed by atoms with Crippen molar-refractivity contribution in [1.82, 2.24) is 4.98 Å². The molecule has 0 aliphatic heterocycles. The maximum absolute atomic E-state index is 4.50. The second-order valence-corrected chi connectivity index (χ2v) is 9.64. The Bertz CT molecular complexity index is 1540. The summed E-state index contributed by atoms with van der Waals surface area (Å²) in [6.07, 6.45) is 1.84. The molecule has 0 atom stereocenters. The van der Waals surface area contributed by atoms with Crippen LogP contribution in [0.4, 0.5) is 0 Å². The minimum atomic E-state index is 1.00. The number of hydrogen-bond donors (Lipinski definition) is 2. The molecule has 3 heterocycles. The molecule has 37 heavy (non-hydrogen) atoms. The lowest BCUT2D eigenvalue weighted by molar-refractivity contribution is 1.33. The van der Waals surface area contributed by atoms with Gasteiger partial charge in [0.15, 0.2) is 0 Å². The number of thiophene rings is 2. The molecule has 188 valence electrons. The van der Waals surface area contributed by atoms with E-state index >= 15 is 0 Å². The molecule has 0 aliphatic carbocycles. The van der Waals surface area contributed by atoms with Gasteiger partial charge in [-0.05, 0) is 77.3 Å². The fourth-order valence-corrected chi connectivity index (χ4v) is 5.74. The van der Waals surface area contributed by atoms with E-state index in [-0.39, 0.29) is 0 Å². The standard InChI is InChI=1S/C27H17NS2.C2H5N.C2H6.H2S2/c1-2-13-28-24(7-1)20-6-3-5-18(15-20)19-9-11-26-22(16-19)23-17-21(10-12-27(23)30-26)25-8-4-14-29-25;1-3-2;2*1-2/h1-17H;1H2,2H3;1-2H3;1-2H. The lowest BCUT2D eigenvalue weighted by Gasteiger charge is -2.06. The van der Waals surface area contributed by atoms with Gasteiger partial charge in [-0.25, -0.2) is 0 Å². The summed E-state index contributed by atoms with van der Waals surface area (Å²) < 4.78 is 2.67. The minimum absolute atomic E-state index is 1.00. The van der Waals surface area contributed by atoms with Crippen LogP contribution in [0.15, 0.2) is 108 Å². The van der Waals surface area contributed by atoms with Gasteiger partial charge in [-0.1, -0.05) is 56.3 Å². The van der Waals surface area contributed by atoms with Crippen molar-refractivity contribution in [2.24, 2.45) is 4.99 Å². The van der Waals surface area contributed by atoms with Crippen molar-refractivity contribution in [3.8, 4) is 32.8 Å². The Kier molecular flexibility index (Phi) is 11.4. The third kappa shape index (κ3) is 6.90. The molecule has 0 bridgehead atoms. The van der Waals surface area contributed by atoms with E-state index in [0.29, 0.717) is 0 Å². The van der Waals surface area contributed by atoms with Gasteiger partial charge in [-0.3, -0.25) is 4.98 Å². The Balaban J connectivity index is 0.000000499. The maximum atomic E-state index is 4.50. The molecule has 6 aromatic rings. The molecule has 0 N–H and O–H groups in total. The van der Waals surface area contributed by atoms with Crippen LogP contribution in [0.3, 0.4) is 0 Å². The van der Waals surface area contributed by atoms with Crippen molar-refractivity contribution in [2.45, 2.75) is 13.8 Å². The van der Waals surface area contributed by atoms with Crippen LogP contribution in [-0.4, -0.2) is 18.7 Å². The van der Waals surface area contributed by atoms with Crippen molar-refractivity contribution in [3.63, 3.8) is 0 Å². The van der Waals surface area contributed by atoms with E-state index in [4.69, 9.17) is 0 Å². The fraction of sp³-hybridized carbons (Fsp3) is 0.0968. The smallest absolute Gasteiger partial charge is 0.0702 e. The number of rotatable bonds is 3. The second-order valence-electron chi connectivity index (χ2n) is 7.61. The fourth-order valence-electron chi connectivity index (χ4n) is 3.94. The Morgan fingerprint density at radius 1 is 0.703 bits per heavy atom. The molecule has 0 aliphatic rings. The third-order valence-corrected chi connectivity index (χ3v) is 7.50. The number of pyridine rings is 1. The summed E-state index contributed by atoms with van der Waals surface area (Å²) in [6, 6.07) is 32.7. The monoisotopic (exact) mass is 558 g/mol. The van der Waals surface area contributed by atoms with Crippen molar-refractivity contribution < 1.29 is 0 Å².